The Balaban J connectivity index is 1.38. The summed E-state index contributed by atoms with van der Waals surface area (Å²) >= 11 is 1.50. The van der Waals surface area contributed by atoms with Gasteiger partial charge in [-0.05, 0) is 52.0 Å². The lowest BCUT2D eigenvalue weighted by atomic mass is 10.1. The number of nitrogens with one attached hydrogen (secondary N) is 1. The minimum atomic E-state index is -0.299. The van der Waals surface area contributed by atoms with Crippen LogP contribution in [0.1, 0.15) is 36.7 Å². The SMILES string of the molecule is Cc1ccc(C(=O)N2CCN(c3nn4c(NC(C)(C)C)c(-c5cccc(F)c5)nc4s3)CC2)cc1. The number of halogens is 1. The Bertz CT molecular complexity index is 1360. The quantitative estimate of drug-likeness (QED) is 0.431. The minimum absolute atomic E-state index is 0.0648. The van der Waals surface area contributed by atoms with E-state index in [-0.39, 0.29) is 17.3 Å². The van der Waals surface area contributed by atoms with Crippen LogP contribution in [-0.4, -0.2) is 57.1 Å². The van der Waals surface area contributed by atoms with Crippen molar-refractivity contribution in [1.29, 1.82) is 0 Å². The molecule has 0 unspecified atom stereocenters. The zero-order valence-electron chi connectivity index (χ0n) is 20.4. The number of benzene rings is 2. The molecular formula is C26H29FN6OS. The van der Waals surface area contributed by atoms with Gasteiger partial charge in [-0.3, -0.25) is 4.79 Å². The van der Waals surface area contributed by atoms with Crippen molar-refractivity contribution in [2.75, 3.05) is 36.4 Å². The van der Waals surface area contributed by atoms with E-state index in [2.05, 4.69) is 31.0 Å². The van der Waals surface area contributed by atoms with E-state index in [1.165, 1.54) is 23.5 Å². The van der Waals surface area contributed by atoms with E-state index in [0.717, 1.165) is 27.0 Å². The second kappa shape index (κ2) is 8.96. The van der Waals surface area contributed by atoms with Crippen LogP contribution in [0.15, 0.2) is 48.5 Å². The zero-order valence-corrected chi connectivity index (χ0v) is 21.2. The van der Waals surface area contributed by atoms with Gasteiger partial charge in [0.25, 0.3) is 5.91 Å². The van der Waals surface area contributed by atoms with Gasteiger partial charge in [-0.2, -0.15) is 4.52 Å². The third-order valence-electron chi connectivity index (χ3n) is 5.92. The number of aromatic nitrogens is 3. The molecule has 2 aromatic carbocycles. The first-order valence-electron chi connectivity index (χ1n) is 11.7. The highest BCUT2D eigenvalue weighted by atomic mass is 32.1. The Morgan fingerprint density at radius 2 is 1.77 bits per heavy atom. The van der Waals surface area contributed by atoms with Gasteiger partial charge in [-0.15, -0.1) is 5.10 Å². The molecule has 182 valence electrons. The standard InChI is InChI=1S/C26H29FN6OS/c1-17-8-10-18(11-9-17)23(34)31-12-14-32(15-13-31)25-30-33-22(29-26(2,3)4)21(28-24(33)35-25)19-6-5-7-20(27)16-19/h5-11,16,29H,12-15H2,1-4H3. The fourth-order valence-electron chi connectivity index (χ4n) is 4.15. The van der Waals surface area contributed by atoms with Crippen LogP contribution >= 0.6 is 11.3 Å². The van der Waals surface area contributed by atoms with Crippen LogP contribution in [-0.2, 0) is 0 Å². The van der Waals surface area contributed by atoms with Gasteiger partial charge in [0.1, 0.15) is 11.5 Å². The number of fused-ring (bicyclic) bond motifs is 1. The zero-order chi connectivity index (χ0) is 24.7. The molecule has 1 fully saturated rings. The number of carbonyl (C=O) groups is 1. The summed E-state index contributed by atoms with van der Waals surface area (Å²) in [5.74, 6) is 0.510. The molecule has 3 heterocycles. The molecule has 0 aliphatic carbocycles. The van der Waals surface area contributed by atoms with Crippen LogP contribution in [0.5, 0.6) is 0 Å². The Kier molecular flexibility index (Phi) is 5.96. The predicted molar refractivity (Wildman–Crippen MR) is 139 cm³/mol. The highest BCUT2D eigenvalue weighted by Crippen LogP contribution is 2.35. The van der Waals surface area contributed by atoms with Crippen molar-refractivity contribution in [3.8, 4) is 11.3 Å². The van der Waals surface area contributed by atoms with Gasteiger partial charge in [-0.25, -0.2) is 9.37 Å². The molecule has 0 radical (unpaired) electrons. The Labute approximate surface area is 208 Å². The van der Waals surface area contributed by atoms with Gasteiger partial charge in [0.15, 0.2) is 5.82 Å². The van der Waals surface area contributed by atoms with E-state index in [1.807, 2.05) is 46.7 Å². The smallest absolute Gasteiger partial charge is 0.253 e. The van der Waals surface area contributed by atoms with Crippen molar-refractivity contribution in [2.45, 2.75) is 33.2 Å². The molecule has 1 saturated heterocycles. The monoisotopic (exact) mass is 492 g/mol. The maximum atomic E-state index is 13.9. The summed E-state index contributed by atoms with van der Waals surface area (Å²) in [6.45, 7) is 10.9. The van der Waals surface area contributed by atoms with Crippen LogP contribution in [0.4, 0.5) is 15.3 Å². The molecular weight excluding hydrogens is 463 g/mol. The fourth-order valence-corrected chi connectivity index (χ4v) is 5.10. The van der Waals surface area contributed by atoms with E-state index < -0.39 is 0 Å². The van der Waals surface area contributed by atoms with Gasteiger partial charge in [0, 0.05) is 42.8 Å². The van der Waals surface area contributed by atoms with Gasteiger partial charge in [0.2, 0.25) is 10.1 Å². The van der Waals surface area contributed by atoms with E-state index in [0.29, 0.717) is 37.4 Å². The fraction of sp³-hybridized carbons (Fsp3) is 0.346. The molecule has 0 atom stereocenters. The Morgan fingerprint density at radius 1 is 1.06 bits per heavy atom. The van der Waals surface area contributed by atoms with Crippen molar-refractivity contribution in [3.63, 3.8) is 0 Å². The second-order valence-electron chi connectivity index (χ2n) is 9.92. The van der Waals surface area contributed by atoms with E-state index in [4.69, 9.17) is 10.1 Å². The summed E-state index contributed by atoms with van der Waals surface area (Å²) in [4.78, 5) is 22.5. The molecule has 0 bridgehead atoms. The second-order valence-corrected chi connectivity index (χ2v) is 10.9. The van der Waals surface area contributed by atoms with Gasteiger partial charge in [-0.1, -0.05) is 41.2 Å². The molecule has 35 heavy (non-hydrogen) atoms. The average Bonchev–Trinajstić information content (AvgIpc) is 3.38. The van der Waals surface area contributed by atoms with Crippen LogP contribution < -0.4 is 10.2 Å². The lowest BCUT2D eigenvalue weighted by Gasteiger charge is -2.34. The topological polar surface area (TPSA) is 65.8 Å². The summed E-state index contributed by atoms with van der Waals surface area (Å²) in [5, 5.41) is 9.23. The van der Waals surface area contributed by atoms with Gasteiger partial charge >= 0.3 is 0 Å². The maximum Gasteiger partial charge on any atom is 0.253 e. The summed E-state index contributed by atoms with van der Waals surface area (Å²) in [7, 11) is 0. The summed E-state index contributed by atoms with van der Waals surface area (Å²) in [5.41, 5.74) is 3.02. The Morgan fingerprint density at radius 3 is 2.43 bits per heavy atom. The highest BCUT2D eigenvalue weighted by molar-refractivity contribution is 7.20. The third-order valence-corrected chi connectivity index (χ3v) is 6.89. The molecule has 0 saturated carbocycles. The molecule has 1 aliphatic heterocycles. The first-order chi connectivity index (χ1) is 16.7. The number of hydrogen-bond acceptors (Lipinski definition) is 6. The molecule has 2 aromatic heterocycles. The van der Waals surface area contributed by atoms with Gasteiger partial charge in [0.05, 0.1) is 0 Å². The number of amides is 1. The average molecular weight is 493 g/mol. The van der Waals surface area contributed by atoms with Crippen molar-refractivity contribution in [2.24, 2.45) is 0 Å². The molecule has 0 spiro atoms. The summed E-state index contributed by atoms with van der Waals surface area (Å²) in [6.07, 6.45) is 0. The summed E-state index contributed by atoms with van der Waals surface area (Å²) < 4.78 is 15.7. The van der Waals surface area contributed by atoms with Crippen molar-refractivity contribution < 1.29 is 9.18 Å². The first-order valence-corrected chi connectivity index (χ1v) is 12.5. The summed E-state index contributed by atoms with van der Waals surface area (Å²) in [6, 6.07) is 14.2. The van der Waals surface area contributed by atoms with E-state index >= 15 is 0 Å². The van der Waals surface area contributed by atoms with Gasteiger partial charge < -0.3 is 15.1 Å². The van der Waals surface area contributed by atoms with Crippen LogP contribution in [0, 0.1) is 12.7 Å². The number of carbonyl (C=O) groups excluding carboxylic acids is 1. The molecule has 7 nitrogen and oxygen atoms in total. The van der Waals surface area contributed by atoms with Crippen molar-refractivity contribution in [1.82, 2.24) is 19.5 Å². The number of rotatable bonds is 4. The van der Waals surface area contributed by atoms with E-state index in [1.54, 1.807) is 6.07 Å². The number of nitrogens with zero attached hydrogens (tertiary/aromatic N) is 5. The maximum absolute atomic E-state index is 13.9. The molecule has 5 rings (SSSR count). The first kappa shape index (κ1) is 23.3. The number of anilines is 2. The minimum Gasteiger partial charge on any atom is -0.364 e. The number of piperazine rings is 1. The van der Waals surface area contributed by atoms with Crippen molar-refractivity contribution >= 4 is 33.2 Å². The predicted octanol–water partition coefficient (Wildman–Crippen LogP) is 5.08. The molecule has 9 heteroatoms. The number of imidazole rings is 1. The highest BCUT2D eigenvalue weighted by Gasteiger charge is 2.27. The molecule has 1 aliphatic rings. The Hall–Kier alpha value is -3.46. The molecule has 1 amide bonds. The lowest BCUT2D eigenvalue weighted by molar-refractivity contribution is 0.0746. The third kappa shape index (κ3) is 4.86. The number of hydrogen-bond donors (Lipinski definition) is 1. The lowest BCUT2D eigenvalue weighted by Crippen LogP contribution is -2.48. The molecule has 4 aromatic rings. The normalized spacial score (nSPS) is 14.5. The van der Waals surface area contributed by atoms with Crippen LogP contribution in [0.3, 0.4) is 0 Å². The van der Waals surface area contributed by atoms with Crippen LogP contribution in [0.25, 0.3) is 16.2 Å². The van der Waals surface area contributed by atoms with E-state index in [9.17, 15) is 9.18 Å². The van der Waals surface area contributed by atoms with Crippen LogP contribution in [0.2, 0.25) is 0 Å². The number of aryl methyl sites for hydroxylation is 1. The largest absolute Gasteiger partial charge is 0.364 e. The molecule has 1 N–H and O–H groups in total. The van der Waals surface area contributed by atoms with Crippen molar-refractivity contribution in [3.05, 3.63) is 65.5 Å².